The molecule has 0 aromatic heterocycles. The summed E-state index contributed by atoms with van der Waals surface area (Å²) in [6.07, 6.45) is 19.0. The third kappa shape index (κ3) is 5.21. The second kappa shape index (κ2) is 10.2. The molecule has 0 amide bonds. The maximum Gasteiger partial charge on any atom is 0.166 e. The van der Waals surface area contributed by atoms with E-state index in [-0.39, 0.29) is 0 Å². The van der Waals surface area contributed by atoms with E-state index in [9.17, 15) is 8.78 Å². The van der Waals surface area contributed by atoms with Crippen LogP contribution < -0.4 is 0 Å². The van der Waals surface area contributed by atoms with Crippen molar-refractivity contribution >= 4 is 5.57 Å². The predicted molar refractivity (Wildman–Crippen MR) is 115 cm³/mol. The summed E-state index contributed by atoms with van der Waals surface area (Å²) in [5.41, 5.74) is 3.50. The molecule has 2 atom stereocenters. The number of allylic oxidation sites excluding steroid dienone is 6. The molecule has 2 heteroatoms. The third-order valence-electron chi connectivity index (χ3n) is 6.59. The van der Waals surface area contributed by atoms with Crippen molar-refractivity contribution in [2.75, 3.05) is 0 Å². The lowest BCUT2D eigenvalue weighted by Gasteiger charge is -2.21. The van der Waals surface area contributed by atoms with E-state index in [0.29, 0.717) is 29.4 Å². The van der Waals surface area contributed by atoms with Crippen molar-refractivity contribution in [1.82, 2.24) is 0 Å². The van der Waals surface area contributed by atoms with Crippen molar-refractivity contribution in [3.63, 3.8) is 0 Å². The Balaban J connectivity index is 1.57. The molecule has 152 valence electrons. The fourth-order valence-corrected chi connectivity index (χ4v) is 4.47. The van der Waals surface area contributed by atoms with Crippen LogP contribution in [0.3, 0.4) is 0 Å². The van der Waals surface area contributed by atoms with Gasteiger partial charge >= 0.3 is 0 Å². The van der Waals surface area contributed by atoms with Crippen LogP contribution in [0.2, 0.25) is 0 Å². The Bertz CT molecular complexity index is 754. The van der Waals surface area contributed by atoms with Crippen LogP contribution in [-0.4, -0.2) is 0 Å². The van der Waals surface area contributed by atoms with Gasteiger partial charge in [0.05, 0.1) is 0 Å². The quantitative estimate of drug-likeness (QED) is 0.416. The number of hydrogen-bond donors (Lipinski definition) is 0. The summed E-state index contributed by atoms with van der Waals surface area (Å²) in [6.45, 7) is 4.41. The van der Waals surface area contributed by atoms with Crippen LogP contribution in [0.4, 0.5) is 8.78 Å². The molecule has 2 aliphatic rings. The van der Waals surface area contributed by atoms with Gasteiger partial charge in [-0.05, 0) is 80.8 Å². The fourth-order valence-electron chi connectivity index (χ4n) is 4.47. The molecule has 0 radical (unpaired) electrons. The summed E-state index contributed by atoms with van der Waals surface area (Å²) in [6, 6.07) is 3.57. The topological polar surface area (TPSA) is 0 Å². The minimum absolute atomic E-state index is 0.465. The van der Waals surface area contributed by atoms with E-state index in [2.05, 4.69) is 38.2 Å². The van der Waals surface area contributed by atoms with Gasteiger partial charge in [-0.3, -0.25) is 0 Å². The first kappa shape index (κ1) is 21.0. The normalized spacial score (nSPS) is 23.0. The van der Waals surface area contributed by atoms with Crippen molar-refractivity contribution < 1.29 is 8.78 Å². The minimum Gasteiger partial charge on any atom is -0.203 e. The van der Waals surface area contributed by atoms with Crippen molar-refractivity contribution in [1.29, 1.82) is 0 Å². The van der Waals surface area contributed by atoms with Gasteiger partial charge in [0.25, 0.3) is 0 Å². The molecule has 0 fully saturated rings. The summed E-state index contributed by atoms with van der Waals surface area (Å²) in [5, 5.41) is 0. The van der Waals surface area contributed by atoms with E-state index in [1.807, 2.05) is 0 Å². The van der Waals surface area contributed by atoms with Crippen LogP contribution in [0.25, 0.3) is 5.57 Å². The Kier molecular flexibility index (Phi) is 7.65. The van der Waals surface area contributed by atoms with Gasteiger partial charge in [-0.1, -0.05) is 62.3 Å². The van der Waals surface area contributed by atoms with Crippen LogP contribution in [-0.2, 0) is 6.42 Å². The Morgan fingerprint density at radius 2 is 1.86 bits per heavy atom. The van der Waals surface area contributed by atoms with Gasteiger partial charge in [-0.15, -0.1) is 0 Å². The van der Waals surface area contributed by atoms with Gasteiger partial charge in [0.1, 0.15) is 0 Å². The molecule has 0 spiro atoms. The van der Waals surface area contributed by atoms with Crippen LogP contribution in [0.1, 0.15) is 82.8 Å². The highest BCUT2D eigenvalue weighted by molar-refractivity contribution is 5.67. The van der Waals surface area contributed by atoms with E-state index in [4.69, 9.17) is 0 Å². The molecule has 28 heavy (non-hydrogen) atoms. The lowest BCUT2D eigenvalue weighted by Crippen LogP contribution is -2.06. The van der Waals surface area contributed by atoms with Gasteiger partial charge in [-0.25, -0.2) is 8.78 Å². The lowest BCUT2D eigenvalue weighted by atomic mass is 9.85. The molecule has 2 aliphatic carbocycles. The van der Waals surface area contributed by atoms with Gasteiger partial charge in [-0.2, -0.15) is 0 Å². The number of benzene rings is 1. The summed E-state index contributed by atoms with van der Waals surface area (Å²) >= 11 is 0. The van der Waals surface area contributed by atoms with E-state index in [0.717, 1.165) is 50.5 Å². The molecule has 0 nitrogen and oxygen atoms in total. The van der Waals surface area contributed by atoms with Gasteiger partial charge in [0.2, 0.25) is 0 Å². The van der Waals surface area contributed by atoms with Crippen molar-refractivity contribution in [3.05, 3.63) is 64.8 Å². The van der Waals surface area contributed by atoms with E-state index in [1.165, 1.54) is 12.8 Å². The van der Waals surface area contributed by atoms with Gasteiger partial charge < -0.3 is 0 Å². The molecular formula is C26H34F2. The molecule has 2 unspecified atom stereocenters. The number of hydrogen-bond acceptors (Lipinski definition) is 0. The third-order valence-corrected chi connectivity index (χ3v) is 6.59. The SMILES string of the molecule is CCC1=CCC(/C=C/CCc2ccc(C3=CCC(CC)CC3)c(F)c2F)CC1. The second-order valence-corrected chi connectivity index (χ2v) is 8.40. The Morgan fingerprint density at radius 3 is 2.50 bits per heavy atom. The first-order valence-electron chi connectivity index (χ1n) is 11.1. The summed E-state index contributed by atoms with van der Waals surface area (Å²) in [7, 11) is 0. The molecular weight excluding hydrogens is 350 g/mol. The average Bonchev–Trinajstić information content (AvgIpc) is 2.74. The molecule has 0 saturated heterocycles. The van der Waals surface area contributed by atoms with Crippen LogP contribution in [0.15, 0.2) is 42.0 Å². The highest BCUT2D eigenvalue weighted by Crippen LogP contribution is 2.34. The highest BCUT2D eigenvalue weighted by atomic mass is 19.2. The van der Waals surface area contributed by atoms with E-state index < -0.39 is 11.6 Å². The minimum atomic E-state index is -0.660. The standard InChI is InChI=1S/C26H34F2/c1-3-19-9-11-21(12-10-19)7-5-6-8-23-17-18-24(26(28)25(23)27)22-15-13-20(4-2)14-16-22/h5,7,9,15,17-18,20-21H,3-4,6,8,10-14,16H2,1-2H3/b7-5+. The Hall–Kier alpha value is -1.70. The predicted octanol–water partition coefficient (Wildman–Crippen LogP) is 8.18. The summed E-state index contributed by atoms with van der Waals surface area (Å²) in [4.78, 5) is 0. The first-order valence-corrected chi connectivity index (χ1v) is 11.1. The van der Waals surface area contributed by atoms with Crippen molar-refractivity contribution in [2.24, 2.45) is 11.8 Å². The molecule has 0 bridgehead atoms. The summed E-state index contributed by atoms with van der Waals surface area (Å²) < 4.78 is 29.2. The molecule has 3 rings (SSSR count). The van der Waals surface area contributed by atoms with Crippen LogP contribution in [0.5, 0.6) is 0 Å². The van der Waals surface area contributed by atoms with Gasteiger partial charge in [0, 0.05) is 5.56 Å². The summed E-state index contributed by atoms with van der Waals surface area (Å²) in [5.74, 6) is -0.0230. The van der Waals surface area contributed by atoms with Crippen LogP contribution in [0, 0.1) is 23.5 Å². The molecule has 0 saturated carbocycles. The fraction of sp³-hybridized carbons (Fsp3) is 0.538. The monoisotopic (exact) mass is 384 g/mol. The highest BCUT2D eigenvalue weighted by Gasteiger charge is 2.19. The largest absolute Gasteiger partial charge is 0.203 e. The zero-order chi connectivity index (χ0) is 19.9. The molecule has 1 aromatic carbocycles. The molecule has 1 aromatic rings. The first-order chi connectivity index (χ1) is 13.6. The molecule has 0 N–H and O–H groups in total. The van der Waals surface area contributed by atoms with Crippen molar-refractivity contribution in [2.45, 2.75) is 78.1 Å². The number of halogens is 2. The lowest BCUT2D eigenvalue weighted by molar-refractivity contribution is 0.466. The zero-order valence-electron chi connectivity index (χ0n) is 17.4. The van der Waals surface area contributed by atoms with Gasteiger partial charge in [0.15, 0.2) is 11.6 Å². The average molecular weight is 385 g/mol. The maximum atomic E-state index is 14.7. The smallest absolute Gasteiger partial charge is 0.166 e. The van der Waals surface area contributed by atoms with Crippen molar-refractivity contribution in [3.8, 4) is 0 Å². The molecule has 0 heterocycles. The van der Waals surface area contributed by atoms with E-state index >= 15 is 0 Å². The van der Waals surface area contributed by atoms with E-state index in [1.54, 1.807) is 17.7 Å². The number of aryl methyl sites for hydroxylation is 1. The Morgan fingerprint density at radius 1 is 1.00 bits per heavy atom. The number of rotatable bonds is 7. The second-order valence-electron chi connectivity index (χ2n) is 8.40. The Labute approximate surface area is 169 Å². The van der Waals surface area contributed by atoms with Crippen LogP contribution >= 0.6 is 0 Å². The molecule has 0 aliphatic heterocycles. The zero-order valence-corrected chi connectivity index (χ0v) is 17.4. The maximum absolute atomic E-state index is 14.7.